The smallest absolute Gasteiger partial charge is 0.363 e. The van der Waals surface area contributed by atoms with Crippen molar-refractivity contribution in [3.05, 3.63) is 42.6 Å². The first-order valence-electron chi connectivity index (χ1n) is 6.13. The van der Waals surface area contributed by atoms with Gasteiger partial charge in [-0.3, -0.25) is 4.98 Å². The number of pyridine rings is 1. The van der Waals surface area contributed by atoms with Crippen molar-refractivity contribution in [2.45, 2.75) is 19.8 Å². The van der Waals surface area contributed by atoms with Crippen LogP contribution in [0.25, 0.3) is 10.9 Å². The molecular weight excluding hydrogens is 355 g/mol. The van der Waals surface area contributed by atoms with Gasteiger partial charge in [-0.25, -0.2) is 4.79 Å². The number of halogens is 1. The summed E-state index contributed by atoms with van der Waals surface area (Å²) in [7, 11) is 0. The minimum Gasteiger partial charge on any atom is -0.363 e. The number of rotatable bonds is 4. The molecule has 0 unspecified atom stereocenters. The first-order chi connectivity index (χ1) is 9.24. The van der Waals surface area contributed by atoms with Gasteiger partial charge in [-0.15, -0.1) is 0 Å². The number of fused-ring (bicyclic) bond motifs is 1. The lowest BCUT2D eigenvalue weighted by Crippen LogP contribution is -2.16. The molecule has 1 N–H and O–H groups in total. The Morgan fingerprint density at radius 1 is 1.32 bits per heavy atom. The van der Waals surface area contributed by atoms with Crippen molar-refractivity contribution in [3.8, 4) is 0 Å². The zero-order chi connectivity index (χ0) is 13.9. The van der Waals surface area contributed by atoms with Crippen LogP contribution in [0.2, 0.25) is 0 Å². The van der Waals surface area contributed by atoms with Crippen LogP contribution in [0.1, 0.15) is 19.8 Å². The molecule has 0 fully saturated rings. The second-order valence-electron chi connectivity index (χ2n) is 3.78. The second-order valence-corrected chi connectivity index (χ2v) is 4.66. The van der Waals surface area contributed by atoms with Crippen LogP contribution in [0.15, 0.2) is 42.6 Å². The Morgan fingerprint density at radius 3 is 2.74 bits per heavy atom. The van der Waals surface area contributed by atoms with Crippen molar-refractivity contribution < 1.29 is 9.63 Å². The molecule has 0 bridgehead atoms. The molecule has 0 spiro atoms. The van der Waals surface area contributed by atoms with E-state index in [0.29, 0.717) is 0 Å². The van der Waals surface area contributed by atoms with Gasteiger partial charge in [0.1, 0.15) is 0 Å². The fourth-order valence-electron chi connectivity index (χ4n) is 1.37. The molecular formula is C14H17IN2O2. The Kier molecular flexibility index (Phi) is 8.08. The maximum atomic E-state index is 10.1. The van der Waals surface area contributed by atoms with E-state index >= 15 is 0 Å². The van der Waals surface area contributed by atoms with Gasteiger partial charge in [0.15, 0.2) is 0 Å². The predicted octanol–water partition coefficient (Wildman–Crippen LogP) is 4.10. The monoisotopic (exact) mass is 372 g/mol. The molecule has 0 atom stereocenters. The maximum Gasteiger partial charge on any atom is 0.385 e. The summed E-state index contributed by atoms with van der Waals surface area (Å²) < 4.78 is -0.316. The van der Waals surface area contributed by atoms with Gasteiger partial charge in [-0.05, 0) is 18.6 Å². The summed E-state index contributed by atoms with van der Waals surface area (Å²) in [5.41, 5.74) is 3.59. The van der Waals surface area contributed by atoms with Gasteiger partial charge in [0.05, 0.1) is 28.1 Å². The van der Waals surface area contributed by atoms with Crippen molar-refractivity contribution in [1.82, 2.24) is 10.5 Å². The van der Waals surface area contributed by atoms with E-state index in [4.69, 9.17) is 0 Å². The van der Waals surface area contributed by atoms with Gasteiger partial charge < -0.3 is 4.84 Å². The van der Waals surface area contributed by atoms with Gasteiger partial charge in [0, 0.05) is 18.1 Å². The van der Waals surface area contributed by atoms with E-state index in [-0.39, 0.29) is 3.98 Å². The molecule has 0 saturated carbocycles. The number of unbranched alkanes of at least 4 members (excludes halogenated alkanes) is 1. The maximum absolute atomic E-state index is 10.1. The number of nitrogens with zero attached hydrogens (tertiary/aromatic N) is 1. The molecule has 1 aromatic carbocycles. The molecule has 0 aliphatic heterocycles. The van der Waals surface area contributed by atoms with Crippen LogP contribution < -0.4 is 5.48 Å². The third-order valence-corrected chi connectivity index (χ3v) is 2.52. The summed E-state index contributed by atoms with van der Waals surface area (Å²) >= 11 is 1.57. The summed E-state index contributed by atoms with van der Waals surface area (Å²) in [5, 5.41) is 1.20. The van der Waals surface area contributed by atoms with Gasteiger partial charge >= 0.3 is 3.98 Å². The summed E-state index contributed by atoms with van der Waals surface area (Å²) in [6, 6.07) is 12.1. The van der Waals surface area contributed by atoms with Gasteiger partial charge in [0.25, 0.3) is 0 Å². The summed E-state index contributed by atoms with van der Waals surface area (Å²) in [6.45, 7) is 2.82. The SMILES string of the molecule is CCCCNOC(=O)I.c1ccc2ncccc2c1. The average Bonchev–Trinajstić information content (AvgIpc) is 2.44. The topological polar surface area (TPSA) is 51.2 Å². The third kappa shape index (κ3) is 7.07. The molecule has 1 heterocycles. The van der Waals surface area contributed by atoms with E-state index in [0.717, 1.165) is 24.9 Å². The molecule has 19 heavy (non-hydrogen) atoms. The zero-order valence-corrected chi connectivity index (χ0v) is 13.0. The molecule has 5 heteroatoms. The Morgan fingerprint density at radius 2 is 2.05 bits per heavy atom. The predicted molar refractivity (Wildman–Crippen MR) is 85.2 cm³/mol. The molecule has 1 aromatic heterocycles. The number of carbonyl (C=O) groups is 1. The van der Waals surface area contributed by atoms with Gasteiger partial charge in [-0.1, -0.05) is 37.6 Å². The van der Waals surface area contributed by atoms with Gasteiger partial charge in [0.2, 0.25) is 0 Å². The summed E-state index contributed by atoms with van der Waals surface area (Å²) in [4.78, 5) is 18.7. The molecule has 4 nitrogen and oxygen atoms in total. The standard InChI is InChI=1S/C9H7N.C5H10INO2/c1-2-6-9-8(4-1)5-3-7-10-9;1-2-3-4-7-9-5(6)8/h1-7H;7H,2-4H2,1H3. The molecule has 0 radical (unpaired) electrons. The number of hydroxylamine groups is 1. The van der Waals surface area contributed by atoms with Crippen molar-refractivity contribution in [3.63, 3.8) is 0 Å². The Labute approximate surface area is 126 Å². The number of hydrogen-bond acceptors (Lipinski definition) is 4. The number of nitrogens with one attached hydrogen (secondary N) is 1. The summed E-state index contributed by atoms with van der Waals surface area (Å²) in [5.74, 6) is 0. The highest BCUT2D eigenvalue weighted by atomic mass is 127. The van der Waals surface area contributed by atoms with E-state index in [2.05, 4.69) is 34.4 Å². The zero-order valence-electron chi connectivity index (χ0n) is 10.8. The van der Waals surface area contributed by atoms with Crippen molar-refractivity contribution >= 4 is 37.5 Å². The third-order valence-electron chi connectivity index (χ3n) is 2.30. The molecule has 102 valence electrons. The van der Waals surface area contributed by atoms with E-state index in [1.165, 1.54) is 5.39 Å². The fraction of sp³-hybridized carbons (Fsp3) is 0.286. The molecule has 0 amide bonds. The highest BCUT2D eigenvalue weighted by Crippen LogP contribution is 2.07. The first-order valence-corrected chi connectivity index (χ1v) is 7.21. The lowest BCUT2D eigenvalue weighted by atomic mass is 10.2. The highest BCUT2D eigenvalue weighted by Gasteiger charge is 1.90. The quantitative estimate of drug-likeness (QED) is 0.380. The van der Waals surface area contributed by atoms with Crippen LogP contribution in [0.4, 0.5) is 4.79 Å². The van der Waals surface area contributed by atoms with E-state index in [9.17, 15) is 4.79 Å². The molecule has 0 aliphatic rings. The highest BCUT2D eigenvalue weighted by molar-refractivity contribution is 14.1. The minimum atomic E-state index is -0.316. The lowest BCUT2D eigenvalue weighted by Gasteiger charge is -1.98. The Balaban J connectivity index is 0.000000192. The average molecular weight is 372 g/mol. The van der Waals surface area contributed by atoms with Crippen molar-refractivity contribution in [2.75, 3.05) is 6.54 Å². The first kappa shape index (κ1) is 15.8. The Bertz CT molecular complexity index is 440. The van der Waals surface area contributed by atoms with Gasteiger partial charge in [-0.2, -0.15) is 5.48 Å². The van der Waals surface area contributed by atoms with Crippen LogP contribution in [-0.2, 0) is 4.84 Å². The second kappa shape index (κ2) is 9.69. The lowest BCUT2D eigenvalue weighted by molar-refractivity contribution is 0.118. The number of aromatic nitrogens is 1. The van der Waals surface area contributed by atoms with Crippen LogP contribution in [0.5, 0.6) is 0 Å². The number of carbonyl (C=O) groups excluding carboxylic acids is 1. The molecule has 0 saturated heterocycles. The Hall–Kier alpha value is -1.21. The van der Waals surface area contributed by atoms with Crippen LogP contribution in [0, 0.1) is 0 Å². The molecule has 2 rings (SSSR count). The largest absolute Gasteiger partial charge is 0.385 e. The van der Waals surface area contributed by atoms with Crippen LogP contribution in [-0.4, -0.2) is 15.5 Å². The normalized spacial score (nSPS) is 9.58. The van der Waals surface area contributed by atoms with Crippen LogP contribution >= 0.6 is 22.6 Å². The van der Waals surface area contributed by atoms with E-state index < -0.39 is 0 Å². The van der Waals surface area contributed by atoms with E-state index in [1.807, 2.05) is 30.5 Å². The molecule has 0 aliphatic carbocycles. The number of hydrogen-bond donors (Lipinski definition) is 1. The summed E-state index contributed by atoms with van der Waals surface area (Å²) in [6.07, 6.45) is 3.94. The van der Waals surface area contributed by atoms with Crippen molar-refractivity contribution in [1.29, 1.82) is 0 Å². The van der Waals surface area contributed by atoms with E-state index in [1.54, 1.807) is 22.6 Å². The minimum absolute atomic E-state index is 0.316. The van der Waals surface area contributed by atoms with Crippen LogP contribution in [0.3, 0.4) is 0 Å². The fourth-order valence-corrected chi connectivity index (χ4v) is 1.53. The van der Waals surface area contributed by atoms with Crippen molar-refractivity contribution in [2.24, 2.45) is 0 Å². The number of benzene rings is 1. The molecule has 2 aromatic rings. The number of para-hydroxylation sites is 1.